The van der Waals surface area contributed by atoms with Gasteiger partial charge >= 0.3 is 5.97 Å². The predicted octanol–water partition coefficient (Wildman–Crippen LogP) is 4.77. The molecule has 0 aromatic carbocycles. The zero-order valence-electron chi connectivity index (χ0n) is 29.7. The largest absolute Gasteiger partial charge is 0.447 e. The van der Waals surface area contributed by atoms with E-state index in [1.54, 1.807) is 6.08 Å². The van der Waals surface area contributed by atoms with Crippen molar-refractivity contribution in [3.8, 4) is 0 Å². The molecule has 0 unspecified atom stereocenters. The summed E-state index contributed by atoms with van der Waals surface area (Å²) in [7, 11) is 1.91. The third-order valence-electron chi connectivity index (χ3n) is 17.6. The molecule has 1 spiro atoms. The maximum Gasteiger partial charge on any atom is 0.332 e. The van der Waals surface area contributed by atoms with Crippen LogP contribution in [0.25, 0.3) is 0 Å². The van der Waals surface area contributed by atoms with E-state index in [0.717, 1.165) is 49.5 Å². The summed E-state index contributed by atoms with van der Waals surface area (Å²) in [6.07, 6.45) is 17.3. The van der Waals surface area contributed by atoms with Gasteiger partial charge in [0.2, 0.25) is 0 Å². The topological polar surface area (TPSA) is 136 Å². The van der Waals surface area contributed by atoms with E-state index in [2.05, 4.69) is 18.3 Å². The summed E-state index contributed by atoms with van der Waals surface area (Å²) >= 11 is 0. The lowest BCUT2D eigenvalue weighted by molar-refractivity contribution is -0.344. The molecular weight excluding hydrogens is 618 g/mol. The molecule has 8 nitrogen and oxygen atoms in total. The highest BCUT2D eigenvalue weighted by molar-refractivity contribution is 5.88. The second-order valence-corrected chi connectivity index (χ2v) is 18.7. The molecule has 8 aliphatic carbocycles. The first kappa shape index (κ1) is 33.3. The van der Waals surface area contributed by atoms with Crippen LogP contribution in [0.15, 0.2) is 23.3 Å². The van der Waals surface area contributed by atoms with Gasteiger partial charge in [-0.05, 0) is 131 Å². The second-order valence-electron chi connectivity index (χ2n) is 18.7. The lowest BCUT2D eigenvalue weighted by Gasteiger charge is -2.72. The van der Waals surface area contributed by atoms with E-state index in [-0.39, 0.29) is 24.2 Å². The molecule has 8 heteroatoms. The molecule has 0 saturated heterocycles. The van der Waals surface area contributed by atoms with E-state index in [9.17, 15) is 30.0 Å². The lowest BCUT2D eigenvalue weighted by Crippen LogP contribution is -2.80. The number of ether oxygens (including phenoxy) is 1. The molecule has 9 rings (SSSR count). The molecule has 14 atom stereocenters. The minimum absolute atomic E-state index is 0.0683. The standard InChI is InChI=1S/C41H59NO7/c1-24(25-7-3-4-8-25)26-9-10-30-32(44)11-15-37(23-43)33-12-16-36-13-5-6-14-38-29(22-42-2)18-27(35(36)31(38)19-34(45)49-38)20-40(36,47)39(33,46)21-28(17-26)41(30,37)48/h18-19,23-28,30,32-33,35,42,44,46-48H,3-17,20-22H2,1-2H3/t24-,26+,27-,28+,30-,32-,33+,35+,36+,37-,38+,39-,40+,41-/m0/s1. The van der Waals surface area contributed by atoms with E-state index >= 15 is 0 Å². The minimum atomic E-state index is -1.60. The van der Waals surface area contributed by atoms with Gasteiger partial charge in [0.15, 0.2) is 5.60 Å². The summed E-state index contributed by atoms with van der Waals surface area (Å²) in [6.45, 7) is 2.96. The molecule has 270 valence electrons. The quantitative estimate of drug-likeness (QED) is 0.160. The molecule has 7 saturated carbocycles. The molecule has 0 amide bonds. The van der Waals surface area contributed by atoms with E-state index in [1.165, 1.54) is 25.7 Å². The lowest BCUT2D eigenvalue weighted by atomic mass is 9.35. The summed E-state index contributed by atoms with van der Waals surface area (Å²) in [5, 5.41) is 55.7. The van der Waals surface area contributed by atoms with Crippen molar-refractivity contribution in [2.75, 3.05) is 13.6 Å². The van der Waals surface area contributed by atoms with Crippen LogP contribution < -0.4 is 5.32 Å². The number of nitrogens with one attached hydrogen (secondary N) is 1. The summed E-state index contributed by atoms with van der Waals surface area (Å²) in [4.78, 5) is 27.1. The monoisotopic (exact) mass is 677 g/mol. The molecular formula is C41H59NO7. The first-order valence-electron chi connectivity index (χ1n) is 20.1. The van der Waals surface area contributed by atoms with Crippen molar-refractivity contribution in [3.63, 3.8) is 0 Å². The first-order valence-corrected chi connectivity index (χ1v) is 20.1. The van der Waals surface area contributed by atoms with Crippen LogP contribution >= 0.6 is 0 Å². The highest BCUT2D eigenvalue weighted by Gasteiger charge is 2.83. The Morgan fingerprint density at radius 2 is 1.73 bits per heavy atom. The molecule has 9 aliphatic rings. The fourth-order valence-corrected chi connectivity index (χ4v) is 15.7. The summed E-state index contributed by atoms with van der Waals surface area (Å²) in [5.74, 6) is -0.494. The van der Waals surface area contributed by atoms with Gasteiger partial charge in [0.05, 0.1) is 22.7 Å². The molecule has 0 aromatic heterocycles. The smallest absolute Gasteiger partial charge is 0.332 e. The van der Waals surface area contributed by atoms with Gasteiger partial charge in [-0.3, -0.25) is 0 Å². The van der Waals surface area contributed by atoms with Crippen LogP contribution in [0.3, 0.4) is 0 Å². The number of rotatable bonds is 5. The third kappa shape index (κ3) is 3.89. The van der Waals surface area contributed by atoms with E-state index in [4.69, 9.17) is 4.74 Å². The van der Waals surface area contributed by atoms with Gasteiger partial charge < -0.3 is 35.3 Å². The number of hydrogen-bond acceptors (Lipinski definition) is 8. The molecule has 2 bridgehead atoms. The van der Waals surface area contributed by atoms with Crippen LogP contribution in [0.5, 0.6) is 0 Å². The highest BCUT2D eigenvalue weighted by Crippen LogP contribution is 2.78. The Balaban J connectivity index is 1.19. The van der Waals surface area contributed by atoms with Crippen molar-refractivity contribution in [2.24, 2.45) is 58.2 Å². The Kier molecular flexibility index (Phi) is 7.45. The van der Waals surface area contributed by atoms with Crippen molar-refractivity contribution in [2.45, 2.75) is 145 Å². The van der Waals surface area contributed by atoms with Crippen molar-refractivity contribution < 1.29 is 34.8 Å². The molecule has 5 N–H and O–H groups in total. The molecule has 1 aliphatic heterocycles. The summed E-state index contributed by atoms with van der Waals surface area (Å²) in [5.41, 5.74) is -5.21. The first-order chi connectivity index (χ1) is 23.4. The number of carbonyl (C=O) groups excluding carboxylic acids is 2. The second kappa shape index (κ2) is 11.0. The number of allylic oxidation sites excluding steroid dienone is 1. The number of aliphatic hydroxyl groups is 4. The van der Waals surface area contributed by atoms with Gasteiger partial charge in [0, 0.05) is 29.9 Å². The SMILES string of the molecule is CNCC1=C[C@H]2C[C@@]3(O)[C@]4(CCCC[C@@]15OC(=O)C=C5[C@@H]24)CC[C@H]1[C@@]3(O)C[C@H]2C[C@H]([C@@H](C)C3CCCC3)CC[C@H]3[C@@H](O)CC[C@@]1(C=O)[C@]23O. The van der Waals surface area contributed by atoms with Crippen molar-refractivity contribution in [1.82, 2.24) is 5.32 Å². The fourth-order valence-electron chi connectivity index (χ4n) is 15.7. The van der Waals surface area contributed by atoms with Gasteiger partial charge in [-0.15, -0.1) is 0 Å². The minimum Gasteiger partial charge on any atom is -0.447 e. The number of aldehydes is 1. The zero-order valence-corrected chi connectivity index (χ0v) is 29.7. The molecule has 49 heavy (non-hydrogen) atoms. The highest BCUT2D eigenvalue weighted by atomic mass is 16.6. The average Bonchev–Trinajstić information content (AvgIpc) is 3.75. The number of aliphatic hydroxyl groups excluding tert-OH is 1. The van der Waals surface area contributed by atoms with Crippen LogP contribution in [0.1, 0.15) is 116 Å². The Morgan fingerprint density at radius 3 is 2.49 bits per heavy atom. The van der Waals surface area contributed by atoms with E-state index in [0.29, 0.717) is 69.2 Å². The van der Waals surface area contributed by atoms with E-state index < -0.39 is 57.1 Å². The van der Waals surface area contributed by atoms with Crippen LogP contribution in [0.4, 0.5) is 0 Å². The zero-order chi connectivity index (χ0) is 34.2. The summed E-state index contributed by atoms with van der Waals surface area (Å²) in [6, 6.07) is 0. The predicted molar refractivity (Wildman–Crippen MR) is 183 cm³/mol. The number of fused-ring (bicyclic) bond motifs is 3. The van der Waals surface area contributed by atoms with Crippen LogP contribution in [-0.2, 0) is 14.3 Å². The molecule has 7 fully saturated rings. The third-order valence-corrected chi connectivity index (χ3v) is 17.6. The van der Waals surface area contributed by atoms with Crippen molar-refractivity contribution in [3.05, 3.63) is 23.3 Å². The van der Waals surface area contributed by atoms with Gasteiger partial charge in [-0.25, -0.2) is 4.79 Å². The van der Waals surface area contributed by atoms with Gasteiger partial charge in [-0.2, -0.15) is 0 Å². The van der Waals surface area contributed by atoms with Crippen LogP contribution in [0.2, 0.25) is 0 Å². The molecule has 0 radical (unpaired) electrons. The Morgan fingerprint density at radius 1 is 0.959 bits per heavy atom. The van der Waals surface area contributed by atoms with Gasteiger partial charge in [0.25, 0.3) is 0 Å². The van der Waals surface area contributed by atoms with Crippen molar-refractivity contribution >= 4 is 12.3 Å². The maximum atomic E-state index is 13.9. The fraction of sp³-hybridized carbons (Fsp3) is 0.854. The van der Waals surface area contributed by atoms with E-state index in [1.807, 2.05) is 7.05 Å². The average molecular weight is 678 g/mol. The number of carbonyl (C=O) groups is 2. The summed E-state index contributed by atoms with van der Waals surface area (Å²) < 4.78 is 6.27. The molecule has 1 heterocycles. The number of esters is 1. The van der Waals surface area contributed by atoms with Crippen LogP contribution in [-0.4, -0.2) is 74.8 Å². The van der Waals surface area contributed by atoms with Gasteiger partial charge in [0.1, 0.15) is 11.9 Å². The maximum absolute atomic E-state index is 13.9. The number of likely N-dealkylation sites (N-methyl/N-ethyl adjacent to an activating group) is 1. The van der Waals surface area contributed by atoms with Crippen LogP contribution in [0, 0.1) is 58.2 Å². The van der Waals surface area contributed by atoms with Gasteiger partial charge in [-0.1, -0.05) is 45.1 Å². The number of hydrogen-bond donors (Lipinski definition) is 5. The Labute approximate surface area is 291 Å². The van der Waals surface area contributed by atoms with Crippen molar-refractivity contribution in [1.29, 1.82) is 0 Å². The Bertz CT molecular complexity index is 1470. The normalized spacial score (nSPS) is 53.8. The Hall–Kier alpha value is -1.58. The molecule has 0 aromatic rings.